The SMILES string of the molecule is NC(Cc1cccc(F)c1Cl)C1CCC(C(F)(F)F)CC1. The lowest BCUT2D eigenvalue weighted by Crippen LogP contribution is -2.37. The van der Waals surface area contributed by atoms with Crippen LogP contribution in [-0.4, -0.2) is 12.2 Å². The van der Waals surface area contributed by atoms with Crippen molar-refractivity contribution in [1.82, 2.24) is 0 Å². The summed E-state index contributed by atoms with van der Waals surface area (Å²) in [6.45, 7) is 0. The molecule has 21 heavy (non-hydrogen) atoms. The van der Waals surface area contributed by atoms with Crippen LogP contribution in [0.15, 0.2) is 18.2 Å². The van der Waals surface area contributed by atoms with Gasteiger partial charge in [-0.05, 0) is 49.7 Å². The second kappa shape index (κ2) is 6.53. The maximum atomic E-state index is 13.4. The predicted octanol–water partition coefficient (Wildman–Crippen LogP) is 4.72. The van der Waals surface area contributed by atoms with E-state index in [1.807, 2.05) is 0 Å². The lowest BCUT2D eigenvalue weighted by molar-refractivity contribution is -0.184. The van der Waals surface area contributed by atoms with Gasteiger partial charge in [0, 0.05) is 6.04 Å². The molecule has 1 atom stereocenters. The summed E-state index contributed by atoms with van der Waals surface area (Å²) in [5.41, 5.74) is 6.70. The Morgan fingerprint density at radius 2 is 1.81 bits per heavy atom. The number of alkyl halides is 3. The Labute approximate surface area is 126 Å². The third-order valence-electron chi connectivity index (χ3n) is 4.33. The van der Waals surface area contributed by atoms with Gasteiger partial charge in [-0.25, -0.2) is 4.39 Å². The van der Waals surface area contributed by atoms with E-state index in [0.717, 1.165) is 0 Å². The zero-order valence-electron chi connectivity index (χ0n) is 11.5. The lowest BCUT2D eigenvalue weighted by atomic mass is 9.77. The minimum absolute atomic E-state index is 0.0305. The zero-order valence-corrected chi connectivity index (χ0v) is 12.2. The molecule has 1 aromatic carbocycles. The van der Waals surface area contributed by atoms with Crippen LogP contribution in [-0.2, 0) is 6.42 Å². The Hall–Kier alpha value is -0.810. The van der Waals surface area contributed by atoms with E-state index in [1.165, 1.54) is 6.07 Å². The highest BCUT2D eigenvalue weighted by atomic mass is 35.5. The molecule has 0 spiro atoms. The van der Waals surface area contributed by atoms with Crippen molar-refractivity contribution in [2.45, 2.75) is 44.3 Å². The molecular formula is C15H18ClF4N. The summed E-state index contributed by atoms with van der Waals surface area (Å²) >= 11 is 5.88. The number of nitrogens with two attached hydrogens (primary N) is 1. The molecule has 1 aliphatic carbocycles. The molecule has 2 rings (SSSR count). The van der Waals surface area contributed by atoms with Crippen LogP contribution < -0.4 is 5.73 Å². The Kier molecular flexibility index (Phi) is 5.15. The van der Waals surface area contributed by atoms with Gasteiger partial charge in [-0.15, -0.1) is 0 Å². The Bertz CT molecular complexity index is 481. The fourth-order valence-electron chi connectivity index (χ4n) is 3.00. The minimum atomic E-state index is -4.11. The third-order valence-corrected chi connectivity index (χ3v) is 4.75. The first-order chi connectivity index (χ1) is 9.79. The number of benzene rings is 1. The quantitative estimate of drug-likeness (QED) is 0.800. The fraction of sp³-hybridized carbons (Fsp3) is 0.600. The van der Waals surface area contributed by atoms with Gasteiger partial charge in [-0.2, -0.15) is 13.2 Å². The van der Waals surface area contributed by atoms with Crippen molar-refractivity contribution in [2.75, 3.05) is 0 Å². The molecule has 0 aromatic heterocycles. The zero-order chi connectivity index (χ0) is 15.6. The molecule has 2 N–H and O–H groups in total. The van der Waals surface area contributed by atoms with Crippen LogP contribution in [0.2, 0.25) is 5.02 Å². The molecule has 6 heteroatoms. The highest BCUT2D eigenvalue weighted by Gasteiger charge is 2.42. The van der Waals surface area contributed by atoms with Crippen LogP contribution in [0.4, 0.5) is 17.6 Å². The van der Waals surface area contributed by atoms with Gasteiger partial charge in [-0.1, -0.05) is 23.7 Å². The average molecular weight is 324 g/mol. The molecule has 0 bridgehead atoms. The maximum absolute atomic E-state index is 13.4. The highest BCUT2D eigenvalue weighted by Crippen LogP contribution is 2.40. The minimum Gasteiger partial charge on any atom is -0.327 e. The fourth-order valence-corrected chi connectivity index (χ4v) is 3.20. The van der Waals surface area contributed by atoms with Crippen LogP contribution in [0.3, 0.4) is 0 Å². The number of hydrogen-bond donors (Lipinski definition) is 1. The normalized spacial score (nSPS) is 24.9. The van der Waals surface area contributed by atoms with Crippen molar-refractivity contribution in [3.63, 3.8) is 0 Å². The molecule has 0 heterocycles. The Morgan fingerprint density at radius 1 is 1.19 bits per heavy atom. The van der Waals surface area contributed by atoms with Crippen molar-refractivity contribution < 1.29 is 17.6 Å². The van der Waals surface area contributed by atoms with E-state index < -0.39 is 17.9 Å². The highest BCUT2D eigenvalue weighted by molar-refractivity contribution is 6.31. The molecule has 1 fully saturated rings. The standard InChI is InChI=1S/C15H18ClF4N/c16-14-10(2-1-3-12(14)17)8-13(21)9-4-6-11(7-5-9)15(18,19)20/h1-3,9,11,13H,4-8,21H2. The van der Waals surface area contributed by atoms with Gasteiger partial charge in [-0.3, -0.25) is 0 Å². The van der Waals surface area contributed by atoms with Gasteiger partial charge in [0.15, 0.2) is 0 Å². The van der Waals surface area contributed by atoms with Gasteiger partial charge in [0.25, 0.3) is 0 Å². The molecule has 0 saturated heterocycles. The summed E-state index contributed by atoms with van der Waals surface area (Å²) < 4.78 is 51.2. The van der Waals surface area contributed by atoms with E-state index in [4.69, 9.17) is 17.3 Å². The molecule has 118 valence electrons. The summed E-state index contributed by atoms with van der Waals surface area (Å²) in [6, 6.07) is 4.24. The van der Waals surface area contributed by atoms with Gasteiger partial charge in [0.1, 0.15) is 5.82 Å². The summed E-state index contributed by atoms with van der Waals surface area (Å²) in [5, 5.41) is 0.0527. The smallest absolute Gasteiger partial charge is 0.327 e. The van der Waals surface area contributed by atoms with Crippen molar-refractivity contribution in [1.29, 1.82) is 0 Å². The van der Waals surface area contributed by atoms with E-state index in [0.29, 0.717) is 24.8 Å². The van der Waals surface area contributed by atoms with Crippen molar-refractivity contribution >= 4 is 11.6 Å². The van der Waals surface area contributed by atoms with Crippen molar-refractivity contribution in [2.24, 2.45) is 17.6 Å². The average Bonchev–Trinajstić information content (AvgIpc) is 2.43. The van der Waals surface area contributed by atoms with Crippen molar-refractivity contribution in [3.8, 4) is 0 Å². The van der Waals surface area contributed by atoms with E-state index in [-0.39, 0.29) is 29.8 Å². The van der Waals surface area contributed by atoms with E-state index in [1.54, 1.807) is 12.1 Å². The second-order valence-electron chi connectivity index (χ2n) is 5.73. The van der Waals surface area contributed by atoms with Crippen LogP contribution in [0.5, 0.6) is 0 Å². The molecule has 1 unspecified atom stereocenters. The number of rotatable bonds is 3. The van der Waals surface area contributed by atoms with E-state index in [2.05, 4.69) is 0 Å². The largest absolute Gasteiger partial charge is 0.391 e. The van der Waals surface area contributed by atoms with Gasteiger partial charge < -0.3 is 5.73 Å². The van der Waals surface area contributed by atoms with Gasteiger partial charge in [0.05, 0.1) is 10.9 Å². The number of hydrogen-bond acceptors (Lipinski definition) is 1. The Morgan fingerprint density at radius 3 is 2.38 bits per heavy atom. The van der Waals surface area contributed by atoms with Crippen LogP contribution >= 0.6 is 11.6 Å². The first-order valence-electron chi connectivity index (χ1n) is 7.04. The van der Waals surface area contributed by atoms with Crippen LogP contribution in [0.25, 0.3) is 0 Å². The second-order valence-corrected chi connectivity index (χ2v) is 6.11. The molecule has 1 aromatic rings. The van der Waals surface area contributed by atoms with Crippen LogP contribution in [0, 0.1) is 17.7 Å². The summed E-state index contributed by atoms with van der Waals surface area (Å²) in [6.07, 6.45) is -2.56. The summed E-state index contributed by atoms with van der Waals surface area (Å²) in [4.78, 5) is 0. The molecular weight excluding hydrogens is 306 g/mol. The van der Waals surface area contributed by atoms with Crippen LogP contribution in [0.1, 0.15) is 31.2 Å². The first kappa shape index (κ1) is 16.6. The molecule has 1 aliphatic rings. The first-order valence-corrected chi connectivity index (χ1v) is 7.42. The van der Waals surface area contributed by atoms with Gasteiger partial charge in [0.2, 0.25) is 0 Å². The summed E-state index contributed by atoms with van der Waals surface area (Å²) in [5.74, 6) is -1.68. The van der Waals surface area contributed by atoms with E-state index in [9.17, 15) is 17.6 Å². The molecule has 0 aliphatic heterocycles. The maximum Gasteiger partial charge on any atom is 0.391 e. The molecule has 1 saturated carbocycles. The van der Waals surface area contributed by atoms with E-state index >= 15 is 0 Å². The molecule has 1 nitrogen and oxygen atoms in total. The Balaban J connectivity index is 1.93. The monoisotopic (exact) mass is 323 g/mol. The topological polar surface area (TPSA) is 26.0 Å². The van der Waals surface area contributed by atoms with Gasteiger partial charge >= 0.3 is 6.18 Å². The number of halogens is 5. The third kappa shape index (κ3) is 4.10. The lowest BCUT2D eigenvalue weighted by Gasteiger charge is -2.33. The summed E-state index contributed by atoms with van der Waals surface area (Å²) in [7, 11) is 0. The molecule has 0 amide bonds. The van der Waals surface area contributed by atoms with Crippen molar-refractivity contribution in [3.05, 3.63) is 34.6 Å². The molecule has 0 radical (unpaired) electrons. The predicted molar refractivity (Wildman–Crippen MR) is 74.6 cm³/mol.